The van der Waals surface area contributed by atoms with E-state index < -0.39 is 0 Å². The van der Waals surface area contributed by atoms with E-state index >= 15 is 0 Å². The molecule has 1 aliphatic rings. The van der Waals surface area contributed by atoms with Gasteiger partial charge < -0.3 is 9.32 Å². The van der Waals surface area contributed by atoms with Crippen molar-refractivity contribution in [2.45, 2.75) is 39.7 Å². The third-order valence-electron chi connectivity index (χ3n) is 5.33. The van der Waals surface area contributed by atoms with Crippen molar-refractivity contribution in [3.05, 3.63) is 47.2 Å². The fourth-order valence-corrected chi connectivity index (χ4v) is 3.88. The zero-order chi connectivity index (χ0) is 18.4. The SMILES string of the molecule is Cc1ccc([C@H]2C[C@@H](C)CCN2C(=O)c2cnc3c(c2)c(C)nn3C)o1. The maximum Gasteiger partial charge on any atom is 0.256 e. The minimum absolute atomic E-state index is 0.00797. The number of carbonyl (C=O) groups is 1. The summed E-state index contributed by atoms with van der Waals surface area (Å²) in [7, 11) is 1.87. The molecule has 3 aromatic heterocycles. The summed E-state index contributed by atoms with van der Waals surface area (Å²) in [4.78, 5) is 19.7. The zero-order valence-corrected chi connectivity index (χ0v) is 15.7. The number of nitrogens with zero attached hydrogens (tertiary/aromatic N) is 4. The molecule has 0 bridgehead atoms. The van der Waals surface area contributed by atoms with E-state index in [-0.39, 0.29) is 11.9 Å². The van der Waals surface area contributed by atoms with Gasteiger partial charge in [0.1, 0.15) is 11.5 Å². The highest BCUT2D eigenvalue weighted by molar-refractivity contribution is 5.97. The van der Waals surface area contributed by atoms with Crippen LogP contribution in [-0.4, -0.2) is 32.1 Å². The van der Waals surface area contributed by atoms with E-state index in [0.29, 0.717) is 11.5 Å². The number of amides is 1. The molecule has 6 heteroatoms. The monoisotopic (exact) mass is 352 g/mol. The van der Waals surface area contributed by atoms with E-state index in [1.54, 1.807) is 10.9 Å². The highest BCUT2D eigenvalue weighted by Crippen LogP contribution is 2.36. The number of likely N-dealkylation sites (tertiary alicyclic amines) is 1. The molecular weight excluding hydrogens is 328 g/mol. The van der Waals surface area contributed by atoms with Crippen LogP contribution in [0.15, 0.2) is 28.8 Å². The van der Waals surface area contributed by atoms with Crippen molar-refractivity contribution in [2.24, 2.45) is 13.0 Å². The quantitative estimate of drug-likeness (QED) is 0.704. The lowest BCUT2D eigenvalue weighted by molar-refractivity contribution is 0.0519. The summed E-state index contributed by atoms with van der Waals surface area (Å²) in [5, 5.41) is 5.32. The predicted octanol–water partition coefficient (Wildman–Crippen LogP) is 3.79. The van der Waals surface area contributed by atoms with Crippen LogP contribution in [0.2, 0.25) is 0 Å². The Morgan fingerprint density at radius 2 is 2.12 bits per heavy atom. The molecule has 4 rings (SSSR count). The second-order valence-corrected chi connectivity index (χ2v) is 7.40. The van der Waals surface area contributed by atoms with E-state index in [2.05, 4.69) is 17.0 Å². The van der Waals surface area contributed by atoms with Crippen molar-refractivity contribution in [3.8, 4) is 0 Å². The first-order valence-corrected chi connectivity index (χ1v) is 9.10. The van der Waals surface area contributed by atoms with Gasteiger partial charge in [-0.05, 0) is 50.8 Å². The highest BCUT2D eigenvalue weighted by Gasteiger charge is 2.33. The number of hydrogen-bond donors (Lipinski definition) is 0. The fraction of sp³-hybridized carbons (Fsp3) is 0.450. The number of furan rings is 1. The van der Waals surface area contributed by atoms with Crippen LogP contribution in [0.5, 0.6) is 0 Å². The summed E-state index contributed by atoms with van der Waals surface area (Å²) in [6, 6.07) is 5.84. The van der Waals surface area contributed by atoms with Crippen molar-refractivity contribution >= 4 is 16.9 Å². The Bertz CT molecular complexity index is 972. The lowest BCUT2D eigenvalue weighted by Gasteiger charge is -2.37. The van der Waals surface area contributed by atoms with Crippen LogP contribution in [0.4, 0.5) is 0 Å². The van der Waals surface area contributed by atoms with Crippen LogP contribution in [0.1, 0.15) is 53.4 Å². The van der Waals surface area contributed by atoms with E-state index in [0.717, 1.165) is 47.6 Å². The van der Waals surface area contributed by atoms with Crippen LogP contribution >= 0.6 is 0 Å². The first-order chi connectivity index (χ1) is 12.4. The lowest BCUT2D eigenvalue weighted by atomic mass is 9.90. The van der Waals surface area contributed by atoms with Crippen LogP contribution in [0.3, 0.4) is 0 Å². The number of piperidine rings is 1. The molecule has 1 saturated heterocycles. The summed E-state index contributed by atoms with van der Waals surface area (Å²) in [6.07, 6.45) is 3.58. The molecule has 136 valence electrons. The summed E-state index contributed by atoms with van der Waals surface area (Å²) in [5.74, 6) is 2.32. The highest BCUT2D eigenvalue weighted by atomic mass is 16.3. The van der Waals surface area contributed by atoms with Gasteiger partial charge in [0.05, 0.1) is 17.3 Å². The van der Waals surface area contributed by atoms with Gasteiger partial charge >= 0.3 is 0 Å². The molecule has 0 N–H and O–H groups in total. The van der Waals surface area contributed by atoms with Gasteiger partial charge in [0.15, 0.2) is 5.65 Å². The van der Waals surface area contributed by atoms with E-state index in [1.165, 1.54) is 0 Å². The molecule has 0 unspecified atom stereocenters. The maximum absolute atomic E-state index is 13.3. The van der Waals surface area contributed by atoms with Crippen LogP contribution in [-0.2, 0) is 7.05 Å². The van der Waals surface area contributed by atoms with Gasteiger partial charge in [-0.25, -0.2) is 4.98 Å². The molecule has 3 aromatic rings. The Kier molecular flexibility index (Phi) is 4.05. The predicted molar refractivity (Wildman–Crippen MR) is 98.9 cm³/mol. The van der Waals surface area contributed by atoms with E-state index in [1.807, 2.05) is 44.0 Å². The van der Waals surface area contributed by atoms with Crippen molar-refractivity contribution < 1.29 is 9.21 Å². The number of aromatic nitrogens is 3. The van der Waals surface area contributed by atoms with Crippen LogP contribution in [0, 0.1) is 19.8 Å². The van der Waals surface area contributed by atoms with E-state index in [4.69, 9.17) is 4.42 Å². The zero-order valence-electron chi connectivity index (χ0n) is 15.7. The fourth-order valence-electron chi connectivity index (χ4n) is 3.88. The average molecular weight is 352 g/mol. The Balaban J connectivity index is 1.70. The molecule has 1 amide bonds. The molecule has 1 aliphatic heterocycles. The van der Waals surface area contributed by atoms with Gasteiger partial charge in [-0.1, -0.05) is 6.92 Å². The van der Waals surface area contributed by atoms with Gasteiger partial charge in [-0.15, -0.1) is 0 Å². The lowest BCUT2D eigenvalue weighted by Crippen LogP contribution is -2.40. The number of carbonyl (C=O) groups excluding carboxylic acids is 1. The average Bonchev–Trinajstić information content (AvgIpc) is 3.18. The molecule has 26 heavy (non-hydrogen) atoms. The second kappa shape index (κ2) is 6.27. The Labute approximate surface area is 152 Å². The Morgan fingerprint density at radius 1 is 1.31 bits per heavy atom. The molecule has 0 aromatic carbocycles. The molecule has 0 aliphatic carbocycles. The van der Waals surface area contributed by atoms with E-state index in [9.17, 15) is 4.79 Å². The number of hydrogen-bond acceptors (Lipinski definition) is 4. The van der Waals surface area contributed by atoms with Crippen LogP contribution in [0.25, 0.3) is 11.0 Å². The van der Waals surface area contributed by atoms with Gasteiger partial charge in [0.25, 0.3) is 5.91 Å². The third-order valence-corrected chi connectivity index (χ3v) is 5.33. The second-order valence-electron chi connectivity index (χ2n) is 7.40. The van der Waals surface area contributed by atoms with Crippen molar-refractivity contribution in [3.63, 3.8) is 0 Å². The molecule has 2 atom stereocenters. The van der Waals surface area contributed by atoms with Crippen molar-refractivity contribution in [1.29, 1.82) is 0 Å². The summed E-state index contributed by atoms with van der Waals surface area (Å²) >= 11 is 0. The Hall–Kier alpha value is -2.63. The van der Waals surface area contributed by atoms with Gasteiger partial charge in [0.2, 0.25) is 0 Å². The molecule has 0 spiro atoms. The summed E-state index contributed by atoms with van der Waals surface area (Å²) in [5.41, 5.74) is 2.29. The summed E-state index contributed by atoms with van der Waals surface area (Å²) in [6.45, 7) is 6.84. The number of aryl methyl sites for hydroxylation is 3. The largest absolute Gasteiger partial charge is 0.464 e. The standard InChI is InChI=1S/C20H24N4O2/c1-12-7-8-24(17(9-12)18-6-5-13(2)26-18)20(25)15-10-16-14(3)22-23(4)19(16)21-11-15/h5-6,10-12,17H,7-9H2,1-4H3/t12-,17+/m0/s1. The van der Waals surface area contributed by atoms with Crippen molar-refractivity contribution in [2.75, 3.05) is 6.54 Å². The van der Waals surface area contributed by atoms with Crippen molar-refractivity contribution in [1.82, 2.24) is 19.7 Å². The third kappa shape index (κ3) is 2.79. The summed E-state index contributed by atoms with van der Waals surface area (Å²) < 4.78 is 7.60. The number of pyridine rings is 1. The number of rotatable bonds is 2. The molecular formula is C20H24N4O2. The molecule has 4 heterocycles. The molecule has 6 nitrogen and oxygen atoms in total. The van der Waals surface area contributed by atoms with Gasteiger partial charge in [0, 0.05) is 25.2 Å². The first kappa shape index (κ1) is 16.8. The minimum Gasteiger partial charge on any atom is -0.464 e. The molecule has 0 saturated carbocycles. The normalized spacial score (nSPS) is 20.7. The molecule has 1 fully saturated rings. The van der Waals surface area contributed by atoms with Gasteiger partial charge in [-0.2, -0.15) is 5.10 Å². The minimum atomic E-state index is -0.0226. The number of fused-ring (bicyclic) bond motifs is 1. The topological polar surface area (TPSA) is 64.2 Å². The van der Waals surface area contributed by atoms with Crippen LogP contribution < -0.4 is 0 Å². The van der Waals surface area contributed by atoms with Gasteiger partial charge in [-0.3, -0.25) is 9.48 Å². The Morgan fingerprint density at radius 3 is 2.85 bits per heavy atom. The molecule has 0 radical (unpaired) electrons. The smallest absolute Gasteiger partial charge is 0.256 e. The maximum atomic E-state index is 13.3. The first-order valence-electron chi connectivity index (χ1n) is 9.10.